The van der Waals surface area contributed by atoms with Crippen LogP contribution in [0.5, 0.6) is 5.75 Å². The first-order chi connectivity index (χ1) is 9.22. The molecule has 1 heterocycles. The predicted octanol–water partition coefficient (Wildman–Crippen LogP) is 2.57. The maximum Gasteiger partial charge on any atom is 0.133 e. The highest BCUT2D eigenvalue weighted by molar-refractivity contribution is 5.79. The summed E-state index contributed by atoms with van der Waals surface area (Å²) in [5.74, 6) is 1.48. The zero-order chi connectivity index (χ0) is 13.2. The number of rotatable bonds is 3. The molecular formula is C16H21NO2. The van der Waals surface area contributed by atoms with Gasteiger partial charge < -0.3 is 4.74 Å². The molecule has 1 aromatic carbocycles. The normalized spacial score (nSPS) is 19.6. The lowest BCUT2D eigenvalue weighted by Gasteiger charge is -2.30. The number of Topliss-reactive ketones (excluding diaryl/α,β-unsaturated/α-hetero) is 1. The number of carbonyl (C=O) groups is 1. The van der Waals surface area contributed by atoms with E-state index in [2.05, 4.69) is 30.1 Å². The molecule has 0 atom stereocenters. The monoisotopic (exact) mass is 259 g/mol. The molecule has 0 aromatic heterocycles. The van der Waals surface area contributed by atoms with Gasteiger partial charge in [0.1, 0.15) is 11.5 Å². The van der Waals surface area contributed by atoms with Crippen molar-refractivity contribution in [1.82, 2.24) is 4.90 Å². The number of carbonyl (C=O) groups excluding carboxylic acids is 1. The molecular weight excluding hydrogens is 238 g/mol. The van der Waals surface area contributed by atoms with Gasteiger partial charge in [0.05, 0.1) is 6.61 Å². The summed E-state index contributed by atoms with van der Waals surface area (Å²) in [4.78, 5) is 13.7. The fourth-order valence-electron chi connectivity index (χ4n) is 3.12. The summed E-state index contributed by atoms with van der Waals surface area (Å²) in [6.45, 7) is 1.78. The molecule has 1 saturated carbocycles. The van der Waals surface area contributed by atoms with Gasteiger partial charge in [0.15, 0.2) is 0 Å². The van der Waals surface area contributed by atoms with E-state index in [0.717, 1.165) is 51.0 Å². The first kappa shape index (κ1) is 12.7. The second kappa shape index (κ2) is 5.33. The van der Waals surface area contributed by atoms with Crippen LogP contribution in [-0.4, -0.2) is 30.4 Å². The van der Waals surface area contributed by atoms with Gasteiger partial charge in [0, 0.05) is 31.8 Å². The van der Waals surface area contributed by atoms with E-state index in [1.807, 2.05) is 0 Å². The molecule has 1 aromatic rings. The second-order valence-electron chi connectivity index (χ2n) is 5.73. The van der Waals surface area contributed by atoms with Crippen molar-refractivity contribution >= 4 is 5.78 Å². The van der Waals surface area contributed by atoms with E-state index in [1.54, 1.807) is 0 Å². The molecule has 0 N–H and O–H groups in total. The third kappa shape index (κ3) is 2.81. The Balaban J connectivity index is 1.63. The van der Waals surface area contributed by atoms with Gasteiger partial charge in [0.2, 0.25) is 0 Å². The third-order valence-corrected chi connectivity index (χ3v) is 4.32. The minimum Gasteiger partial charge on any atom is -0.493 e. The van der Waals surface area contributed by atoms with Crippen LogP contribution < -0.4 is 4.74 Å². The van der Waals surface area contributed by atoms with Crippen molar-refractivity contribution < 1.29 is 9.53 Å². The summed E-state index contributed by atoms with van der Waals surface area (Å²) in [6.07, 6.45) is 4.58. The maximum absolute atomic E-state index is 11.3. The number of nitrogens with zero attached hydrogens (tertiary/aromatic N) is 1. The first-order valence-corrected chi connectivity index (χ1v) is 7.19. The van der Waals surface area contributed by atoms with Crippen LogP contribution in [0.3, 0.4) is 0 Å². The summed E-state index contributed by atoms with van der Waals surface area (Å²) >= 11 is 0. The molecule has 0 amide bonds. The molecule has 1 aliphatic heterocycles. The van der Waals surface area contributed by atoms with Gasteiger partial charge >= 0.3 is 0 Å². The number of ketones is 1. The summed E-state index contributed by atoms with van der Waals surface area (Å²) in [6, 6.07) is 7.08. The topological polar surface area (TPSA) is 29.5 Å². The van der Waals surface area contributed by atoms with Crippen LogP contribution in [0.2, 0.25) is 0 Å². The third-order valence-electron chi connectivity index (χ3n) is 4.32. The zero-order valence-electron chi connectivity index (χ0n) is 11.5. The van der Waals surface area contributed by atoms with Gasteiger partial charge in [-0.15, -0.1) is 0 Å². The van der Waals surface area contributed by atoms with Crippen LogP contribution in [-0.2, 0) is 17.8 Å². The largest absolute Gasteiger partial charge is 0.493 e. The lowest BCUT2D eigenvalue weighted by molar-refractivity contribution is -0.121. The highest BCUT2D eigenvalue weighted by Crippen LogP contribution is 2.27. The van der Waals surface area contributed by atoms with E-state index >= 15 is 0 Å². The lowest BCUT2D eigenvalue weighted by Crippen LogP contribution is -2.34. The Kier molecular flexibility index (Phi) is 3.56. The Morgan fingerprint density at radius 2 is 2.05 bits per heavy atom. The van der Waals surface area contributed by atoms with Crippen LogP contribution >= 0.6 is 0 Å². The zero-order valence-corrected chi connectivity index (χ0v) is 11.5. The fourth-order valence-corrected chi connectivity index (χ4v) is 3.12. The standard InChI is InChI=1S/C16H21NO2/c1-17(14-3-5-15(18)6-4-14)11-12-2-7-16-13(10-12)8-9-19-16/h2,7,10,14H,3-6,8-9,11H2,1H3. The Labute approximate surface area is 114 Å². The molecule has 102 valence electrons. The summed E-state index contributed by atoms with van der Waals surface area (Å²) in [7, 11) is 2.17. The number of benzene rings is 1. The Hall–Kier alpha value is -1.35. The average Bonchev–Trinajstić information content (AvgIpc) is 2.87. The van der Waals surface area contributed by atoms with E-state index in [-0.39, 0.29) is 0 Å². The van der Waals surface area contributed by atoms with Crippen molar-refractivity contribution in [3.8, 4) is 5.75 Å². The molecule has 0 unspecified atom stereocenters. The van der Waals surface area contributed by atoms with Gasteiger partial charge in [-0.3, -0.25) is 9.69 Å². The Bertz CT molecular complexity index is 474. The average molecular weight is 259 g/mol. The van der Waals surface area contributed by atoms with Crippen molar-refractivity contribution in [1.29, 1.82) is 0 Å². The number of hydrogen-bond donors (Lipinski definition) is 0. The van der Waals surface area contributed by atoms with E-state index in [0.29, 0.717) is 11.8 Å². The minimum atomic E-state index is 0.430. The van der Waals surface area contributed by atoms with E-state index in [9.17, 15) is 4.79 Å². The minimum absolute atomic E-state index is 0.430. The molecule has 3 rings (SSSR count). The summed E-state index contributed by atoms with van der Waals surface area (Å²) in [5, 5.41) is 0. The van der Waals surface area contributed by atoms with E-state index < -0.39 is 0 Å². The molecule has 19 heavy (non-hydrogen) atoms. The summed E-state index contributed by atoms with van der Waals surface area (Å²) in [5.41, 5.74) is 2.69. The molecule has 3 nitrogen and oxygen atoms in total. The highest BCUT2D eigenvalue weighted by Gasteiger charge is 2.22. The Morgan fingerprint density at radius 1 is 1.26 bits per heavy atom. The quantitative estimate of drug-likeness (QED) is 0.835. The molecule has 0 bridgehead atoms. The first-order valence-electron chi connectivity index (χ1n) is 7.19. The van der Waals surface area contributed by atoms with Crippen molar-refractivity contribution in [2.75, 3.05) is 13.7 Å². The van der Waals surface area contributed by atoms with Gasteiger partial charge in [-0.05, 0) is 37.1 Å². The number of ether oxygens (including phenoxy) is 1. The SMILES string of the molecule is CN(Cc1ccc2c(c1)CCO2)C1CCC(=O)CC1. The van der Waals surface area contributed by atoms with Gasteiger partial charge in [-0.1, -0.05) is 12.1 Å². The van der Waals surface area contributed by atoms with Crippen LogP contribution in [0, 0.1) is 0 Å². The molecule has 0 spiro atoms. The highest BCUT2D eigenvalue weighted by atomic mass is 16.5. The van der Waals surface area contributed by atoms with Crippen molar-refractivity contribution in [3.05, 3.63) is 29.3 Å². The summed E-state index contributed by atoms with van der Waals surface area (Å²) < 4.78 is 5.54. The van der Waals surface area contributed by atoms with Crippen LogP contribution in [0.25, 0.3) is 0 Å². The van der Waals surface area contributed by atoms with Crippen LogP contribution in [0.4, 0.5) is 0 Å². The van der Waals surface area contributed by atoms with Crippen molar-refractivity contribution in [2.24, 2.45) is 0 Å². The van der Waals surface area contributed by atoms with E-state index in [1.165, 1.54) is 11.1 Å². The van der Waals surface area contributed by atoms with Crippen molar-refractivity contribution in [3.63, 3.8) is 0 Å². The second-order valence-corrected chi connectivity index (χ2v) is 5.73. The van der Waals surface area contributed by atoms with Crippen LogP contribution in [0.1, 0.15) is 36.8 Å². The number of hydrogen-bond acceptors (Lipinski definition) is 3. The van der Waals surface area contributed by atoms with Gasteiger partial charge in [0.25, 0.3) is 0 Å². The molecule has 1 fully saturated rings. The predicted molar refractivity (Wildman–Crippen MR) is 74.4 cm³/mol. The lowest BCUT2D eigenvalue weighted by atomic mass is 9.93. The molecule has 1 aliphatic carbocycles. The van der Waals surface area contributed by atoms with Gasteiger partial charge in [-0.2, -0.15) is 0 Å². The molecule has 0 saturated heterocycles. The fraction of sp³-hybridized carbons (Fsp3) is 0.562. The number of fused-ring (bicyclic) bond motifs is 1. The van der Waals surface area contributed by atoms with Crippen molar-refractivity contribution in [2.45, 2.75) is 44.7 Å². The van der Waals surface area contributed by atoms with Gasteiger partial charge in [-0.25, -0.2) is 0 Å². The Morgan fingerprint density at radius 3 is 2.84 bits per heavy atom. The van der Waals surface area contributed by atoms with E-state index in [4.69, 9.17) is 4.74 Å². The molecule has 3 heteroatoms. The molecule has 2 aliphatic rings. The maximum atomic E-state index is 11.3. The van der Waals surface area contributed by atoms with Crippen LogP contribution in [0.15, 0.2) is 18.2 Å². The smallest absolute Gasteiger partial charge is 0.133 e. The molecule has 0 radical (unpaired) electrons.